The standard InChI is InChI=1S/C17H27N3O/c1-3-4-5-6-9-13(2)19-17(21)16-12-18-14-10-7-8-11-15(14)20-16/h7-8,10-11,13,16,18,20H,3-6,9,12H2,1-2H3,(H,19,21). The fraction of sp³-hybridized carbons (Fsp3) is 0.588. The van der Waals surface area contributed by atoms with Gasteiger partial charge in [0.05, 0.1) is 11.4 Å². The number of hydrogen-bond acceptors (Lipinski definition) is 3. The number of carbonyl (C=O) groups is 1. The van der Waals surface area contributed by atoms with E-state index in [1.54, 1.807) is 0 Å². The van der Waals surface area contributed by atoms with Crippen LogP contribution in [0.4, 0.5) is 11.4 Å². The molecule has 3 N–H and O–H groups in total. The molecule has 0 radical (unpaired) electrons. The van der Waals surface area contributed by atoms with Gasteiger partial charge in [-0.1, -0.05) is 44.7 Å². The van der Waals surface area contributed by atoms with E-state index in [1.807, 2.05) is 24.3 Å². The second-order valence-electron chi connectivity index (χ2n) is 5.88. The van der Waals surface area contributed by atoms with Gasteiger partial charge < -0.3 is 16.0 Å². The molecule has 0 aliphatic carbocycles. The van der Waals surface area contributed by atoms with E-state index in [0.717, 1.165) is 17.8 Å². The van der Waals surface area contributed by atoms with E-state index in [-0.39, 0.29) is 18.0 Å². The Hall–Kier alpha value is -1.71. The van der Waals surface area contributed by atoms with Crippen LogP contribution in [0, 0.1) is 0 Å². The van der Waals surface area contributed by atoms with Crippen LogP contribution in [0.15, 0.2) is 24.3 Å². The number of unbranched alkanes of at least 4 members (excludes halogenated alkanes) is 3. The Labute approximate surface area is 127 Å². The molecule has 1 aliphatic heterocycles. The normalized spacial score (nSPS) is 18.1. The van der Waals surface area contributed by atoms with Crippen molar-refractivity contribution in [3.05, 3.63) is 24.3 Å². The minimum absolute atomic E-state index is 0.0833. The molecular formula is C17H27N3O. The number of rotatable bonds is 7. The van der Waals surface area contributed by atoms with Crippen molar-refractivity contribution in [1.82, 2.24) is 5.32 Å². The van der Waals surface area contributed by atoms with Gasteiger partial charge in [-0.3, -0.25) is 4.79 Å². The predicted molar refractivity (Wildman–Crippen MR) is 88.7 cm³/mol. The van der Waals surface area contributed by atoms with Gasteiger partial charge in [0.25, 0.3) is 0 Å². The third kappa shape index (κ3) is 4.66. The Balaban J connectivity index is 1.76. The molecule has 1 aromatic carbocycles. The van der Waals surface area contributed by atoms with Crippen LogP contribution in [0.25, 0.3) is 0 Å². The largest absolute Gasteiger partial charge is 0.381 e. The summed E-state index contributed by atoms with van der Waals surface area (Å²) in [4.78, 5) is 12.3. The Kier molecular flexibility index (Phi) is 5.90. The van der Waals surface area contributed by atoms with Crippen LogP contribution >= 0.6 is 0 Å². The van der Waals surface area contributed by atoms with E-state index >= 15 is 0 Å². The van der Waals surface area contributed by atoms with E-state index in [1.165, 1.54) is 25.7 Å². The Bertz CT molecular complexity index is 461. The molecule has 4 heteroatoms. The summed E-state index contributed by atoms with van der Waals surface area (Å²) in [6, 6.07) is 8.03. The summed E-state index contributed by atoms with van der Waals surface area (Å²) in [5, 5.41) is 9.72. The van der Waals surface area contributed by atoms with E-state index in [4.69, 9.17) is 0 Å². The molecule has 1 aliphatic rings. The monoisotopic (exact) mass is 289 g/mol. The van der Waals surface area contributed by atoms with Gasteiger partial charge in [-0.25, -0.2) is 0 Å². The first-order valence-electron chi connectivity index (χ1n) is 8.10. The molecule has 0 saturated carbocycles. The first kappa shape index (κ1) is 15.7. The zero-order chi connectivity index (χ0) is 15.1. The molecule has 0 aromatic heterocycles. The summed E-state index contributed by atoms with van der Waals surface area (Å²) in [7, 11) is 0. The number of para-hydroxylation sites is 2. The van der Waals surface area contributed by atoms with Gasteiger partial charge >= 0.3 is 0 Å². The lowest BCUT2D eigenvalue weighted by Crippen LogP contribution is -2.48. The zero-order valence-electron chi connectivity index (χ0n) is 13.1. The first-order chi connectivity index (χ1) is 10.2. The average molecular weight is 289 g/mol. The molecule has 2 unspecified atom stereocenters. The molecule has 0 fully saturated rings. The van der Waals surface area contributed by atoms with Crippen molar-refractivity contribution in [1.29, 1.82) is 0 Å². The summed E-state index contributed by atoms with van der Waals surface area (Å²) < 4.78 is 0. The van der Waals surface area contributed by atoms with Crippen molar-refractivity contribution >= 4 is 17.3 Å². The van der Waals surface area contributed by atoms with Crippen LogP contribution in [0.5, 0.6) is 0 Å². The number of carbonyl (C=O) groups excluding carboxylic acids is 1. The smallest absolute Gasteiger partial charge is 0.244 e. The van der Waals surface area contributed by atoms with Crippen LogP contribution < -0.4 is 16.0 Å². The molecule has 1 amide bonds. The van der Waals surface area contributed by atoms with Crippen LogP contribution in [0.3, 0.4) is 0 Å². The second-order valence-corrected chi connectivity index (χ2v) is 5.88. The third-order valence-electron chi connectivity index (χ3n) is 3.95. The van der Waals surface area contributed by atoms with Crippen molar-refractivity contribution < 1.29 is 4.79 Å². The van der Waals surface area contributed by atoms with Gasteiger partial charge in [-0.2, -0.15) is 0 Å². The number of hydrogen-bond donors (Lipinski definition) is 3. The number of amides is 1. The van der Waals surface area contributed by atoms with E-state index in [0.29, 0.717) is 6.54 Å². The molecule has 21 heavy (non-hydrogen) atoms. The molecular weight excluding hydrogens is 262 g/mol. The van der Waals surface area contributed by atoms with Gasteiger partial charge in [-0.15, -0.1) is 0 Å². The van der Waals surface area contributed by atoms with Gasteiger partial charge in [0, 0.05) is 12.6 Å². The lowest BCUT2D eigenvalue weighted by molar-refractivity contribution is -0.122. The summed E-state index contributed by atoms with van der Waals surface area (Å²) in [6.45, 7) is 4.93. The van der Waals surface area contributed by atoms with E-state index < -0.39 is 0 Å². The third-order valence-corrected chi connectivity index (χ3v) is 3.95. The fourth-order valence-electron chi connectivity index (χ4n) is 2.67. The maximum Gasteiger partial charge on any atom is 0.244 e. The lowest BCUT2D eigenvalue weighted by atomic mass is 10.1. The maximum absolute atomic E-state index is 12.3. The average Bonchev–Trinajstić information content (AvgIpc) is 2.51. The molecule has 0 spiro atoms. The summed E-state index contributed by atoms with van der Waals surface area (Å²) in [5.74, 6) is 0.0833. The quantitative estimate of drug-likeness (QED) is 0.675. The predicted octanol–water partition coefficient (Wildman–Crippen LogP) is 3.37. The minimum atomic E-state index is -0.196. The fourth-order valence-corrected chi connectivity index (χ4v) is 2.67. The minimum Gasteiger partial charge on any atom is -0.381 e. The van der Waals surface area contributed by atoms with Crippen LogP contribution in [-0.2, 0) is 4.79 Å². The highest BCUT2D eigenvalue weighted by molar-refractivity contribution is 5.88. The molecule has 4 nitrogen and oxygen atoms in total. The highest BCUT2D eigenvalue weighted by Crippen LogP contribution is 2.25. The molecule has 0 saturated heterocycles. The highest BCUT2D eigenvalue weighted by Gasteiger charge is 2.24. The van der Waals surface area contributed by atoms with Crippen LogP contribution in [0.2, 0.25) is 0 Å². The van der Waals surface area contributed by atoms with Crippen LogP contribution in [0.1, 0.15) is 46.0 Å². The van der Waals surface area contributed by atoms with Crippen molar-refractivity contribution in [2.45, 2.75) is 58.0 Å². The molecule has 1 heterocycles. The zero-order valence-corrected chi connectivity index (χ0v) is 13.1. The number of anilines is 2. The van der Waals surface area contributed by atoms with Crippen molar-refractivity contribution in [3.8, 4) is 0 Å². The molecule has 2 rings (SSSR count). The van der Waals surface area contributed by atoms with Gasteiger partial charge in [-0.05, 0) is 25.5 Å². The summed E-state index contributed by atoms with van der Waals surface area (Å²) in [6.07, 6.45) is 6.04. The van der Waals surface area contributed by atoms with Crippen molar-refractivity contribution in [3.63, 3.8) is 0 Å². The topological polar surface area (TPSA) is 53.2 Å². The van der Waals surface area contributed by atoms with Crippen LogP contribution in [-0.4, -0.2) is 24.5 Å². The number of benzene rings is 1. The van der Waals surface area contributed by atoms with E-state index in [9.17, 15) is 4.79 Å². The molecule has 0 bridgehead atoms. The highest BCUT2D eigenvalue weighted by atomic mass is 16.2. The summed E-state index contributed by atoms with van der Waals surface area (Å²) >= 11 is 0. The lowest BCUT2D eigenvalue weighted by Gasteiger charge is -2.28. The van der Waals surface area contributed by atoms with Gasteiger partial charge in [0.15, 0.2) is 0 Å². The van der Waals surface area contributed by atoms with Crippen molar-refractivity contribution in [2.24, 2.45) is 0 Å². The maximum atomic E-state index is 12.3. The molecule has 2 atom stereocenters. The van der Waals surface area contributed by atoms with E-state index in [2.05, 4.69) is 29.8 Å². The first-order valence-corrected chi connectivity index (χ1v) is 8.10. The Morgan fingerprint density at radius 3 is 2.81 bits per heavy atom. The summed E-state index contributed by atoms with van der Waals surface area (Å²) in [5.41, 5.74) is 2.06. The van der Waals surface area contributed by atoms with Gasteiger partial charge in [0.2, 0.25) is 5.91 Å². The molecule has 116 valence electrons. The van der Waals surface area contributed by atoms with Crippen molar-refractivity contribution in [2.75, 3.05) is 17.2 Å². The number of nitrogens with one attached hydrogen (secondary N) is 3. The molecule has 1 aromatic rings. The SMILES string of the molecule is CCCCCCC(C)NC(=O)C1CNc2ccccc2N1. The Morgan fingerprint density at radius 1 is 1.29 bits per heavy atom. The van der Waals surface area contributed by atoms with Gasteiger partial charge in [0.1, 0.15) is 6.04 Å². The Morgan fingerprint density at radius 2 is 2.05 bits per heavy atom. The second kappa shape index (κ2) is 7.91. The number of fused-ring (bicyclic) bond motifs is 1.